The zero-order chi connectivity index (χ0) is 19.2. The summed E-state index contributed by atoms with van der Waals surface area (Å²) in [5.41, 5.74) is 4.41. The molecule has 1 aliphatic heterocycles. The van der Waals surface area contributed by atoms with Gasteiger partial charge in [-0.3, -0.25) is 9.59 Å². The monoisotopic (exact) mass is 365 g/mol. The maximum Gasteiger partial charge on any atom is 0.253 e. The van der Waals surface area contributed by atoms with Crippen LogP contribution in [0.2, 0.25) is 0 Å². The van der Waals surface area contributed by atoms with E-state index in [9.17, 15) is 9.59 Å². The molecule has 0 spiro atoms. The molecule has 1 aliphatic rings. The van der Waals surface area contributed by atoms with Crippen LogP contribution in [0.5, 0.6) is 0 Å². The third kappa shape index (κ3) is 4.88. The van der Waals surface area contributed by atoms with Gasteiger partial charge in [-0.1, -0.05) is 30.3 Å². The predicted molar refractivity (Wildman–Crippen MR) is 108 cm³/mol. The van der Waals surface area contributed by atoms with Gasteiger partial charge < -0.3 is 15.1 Å². The van der Waals surface area contributed by atoms with Gasteiger partial charge in [0.1, 0.15) is 0 Å². The highest BCUT2D eigenvalue weighted by atomic mass is 16.2. The summed E-state index contributed by atoms with van der Waals surface area (Å²) in [6.45, 7) is 2.51. The molecule has 0 bridgehead atoms. The molecular formula is C22H27N3O2. The van der Waals surface area contributed by atoms with Gasteiger partial charge in [0.2, 0.25) is 5.91 Å². The lowest BCUT2D eigenvalue weighted by Gasteiger charge is -2.19. The number of nitrogens with one attached hydrogen (secondary N) is 1. The van der Waals surface area contributed by atoms with Crippen LogP contribution in [-0.4, -0.2) is 50.4 Å². The molecule has 0 atom stereocenters. The highest BCUT2D eigenvalue weighted by molar-refractivity contribution is 5.93. The van der Waals surface area contributed by atoms with E-state index in [4.69, 9.17) is 0 Å². The van der Waals surface area contributed by atoms with Crippen molar-refractivity contribution in [2.24, 2.45) is 0 Å². The van der Waals surface area contributed by atoms with Gasteiger partial charge in [0.05, 0.1) is 0 Å². The fourth-order valence-electron chi connectivity index (χ4n) is 3.39. The number of amides is 2. The van der Waals surface area contributed by atoms with Crippen molar-refractivity contribution in [1.82, 2.24) is 10.2 Å². The number of fused-ring (bicyclic) bond motifs is 1. The molecule has 3 rings (SSSR count). The molecule has 0 fully saturated rings. The summed E-state index contributed by atoms with van der Waals surface area (Å²) in [6, 6.07) is 15.9. The van der Waals surface area contributed by atoms with Gasteiger partial charge in [0.15, 0.2) is 0 Å². The Morgan fingerprint density at radius 3 is 2.56 bits per heavy atom. The summed E-state index contributed by atoms with van der Waals surface area (Å²) < 4.78 is 0. The van der Waals surface area contributed by atoms with Crippen molar-refractivity contribution in [3.05, 3.63) is 65.2 Å². The van der Waals surface area contributed by atoms with Crippen LogP contribution in [0, 0.1) is 0 Å². The second kappa shape index (κ2) is 8.71. The van der Waals surface area contributed by atoms with E-state index in [0.29, 0.717) is 24.9 Å². The van der Waals surface area contributed by atoms with Crippen molar-refractivity contribution in [2.45, 2.75) is 19.3 Å². The molecule has 5 nitrogen and oxygen atoms in total. The van der Waals surface area contributed by atoms with E-state index in [1.54, 1.807) is 19.0 Å². The lowest BCUT2D eigenvalue weighted by atomic mass is 10.1. The van der Waals surface area contributed by atoms with E-state index in [2.05, 4.69) is 34.5 Å². The molecule has 5 heteroatoms. The minimum Gasteiger partial charge on any atom is -0.369 e. The van der Waals surface area contributed by atoms with Crippen LogP contribution >= 0.6 is 0 Å². The van der Waals surface area contributed by atoms with Crippen LogP contribution in [0.1, 0.15) is 27.9 Å². The van der Waals surface area contributed by atoms with Crippen LogP contribution < -0.4 is 10.2 Å². The van der Waals surface area contributed by atoms with Gasteiger partial charge >= 0.3 is 0 Å². The van der Waals surface area contributed by atoms with E-state index in [-0.39, 0.29) is 11.8 Å². The largest absolute Gasteiger partial charge is 0.369 e. The fraction of sp³-hybridized carbons (Fsp3) is 0.364. The summed E-state index contributed by atoms with van der Waals surface area (Å²) in [7, 11) is 3.47. The van der Waals surface area contributed by atoms with E-state index in [1.165, 1.54) is 11.3 Å². The fourth-order valence-corrected chi connectivity index (χ4v) is 3.39. The van der Waals surface area contributed by atoms with Crippen LogP contribution in [-0.2, 0) is 17.6 Å². The molecule has 27 heavy (non-hydrogen) atoms. The second-order valence-corrected chi connectivity index (χ2v) is 7.11. The first-order chi connectivity index (χ1) is 13.0. The van der Waals surface area contributed by atoms with Crippen molar-refractivity contribution in [2.75, 3.05) is 38.6 Å². The molecule has 2 aromatic carbocycles. The number of para-hydroxylation sites is 1. The maximum absolute atomic E-state index is 12.1. The Labute approximate surface area is 161 Å². The second-order valence-electron chi connectivity index (χ2n) is 7.11. The van der Waals surface area contributed by atoms with Crippen molar-refractivity contribution in [3.63, 3.8) is 0 Å². The molecule has 1 N–H and O–H groups in total. The van der Waals surface area contributed by atoms with Crippen LogP contribution in [0.4, 0.5) is 5.69 Å². The van der Waals surface area contributed by atoms with E-state index in [0.717, 1.165) is 25.1 Å². The third-order valence-corrected chi connectivity index (χ3v) is 4.94. The number of rotatable bonds is 7. The average molecular weight is 365 g/mol. The Morgan fingerprint density at radius 2 is 1.81 bits per heavy atom. The molecule has 0 saturated carbocycles. The number of anilines is 1. The van der Waals surface area contributed by atoms with Gasteiger partial charge in [-0.05, 0) is 42.2 Å². The molecule has 0 aliphatic carbocycles. The molecule has 1 heterocycles. The lowest BCUT2D eigenvalue weighted by Crippen LogP contribution is -2.34. The number of aryl methyl sites for hydroxylation is 1. The van der Waals surface area contributed by atoms with Gasteiger partial charge in [-0.25, -0.2) is 0 Å². The molecule has 0 radical (unpaired) electrons. The van der Waals surface area contributed by atoms with Gasteiger partial charge in [-0.2, -0.15) is 0 Å². The molecule has 0 aromatic heterocycles. The minimum atomic E-state index is -0.0113. The topological polar surface area (TPSA) is 52.7 Å². The molecule has 2 aromatic rings. The number of benzene rings is 2. The lowest BCUT2D eigenvalue weighted by molar-refractivity contribution is -0.121. The SMILES string of the molecule is CN(C)C(=O)c1ccc(CCC(=O)NCCN2CCc3ccccc32)cc1. The summed E-state index contributed by atoms with van der Waals surface area (Å²) in [6.07, 6.45) is 2.21. The van der Waals surface area contributed by atoms with Crippen LogP contribution in [0.15, 0.2) is 48.5 Å². The Morgan fingerprint density at radius 1 is 1.07 bits per heavy atom. The first-order valence-corrected chi connectivity index (χ1v) is 9.45. The Balaban J connectivity index is 1.39. The number of hydrogen-bond donors (Lipinski definition) is 1. The van der Waals surface area contributed by atoms with Crippen LogP contribution in [0.25, 0.3) is 0 Å². The van der Waals surface area contributed by atoms with Crippen molar-refractivity contribution in [3.8, 4) is 0 Å². The molecule has 0 saturated heterocycles. The zero-order valence-electron chi connectivity index (χ0n) is 16.1. The molecule has 142 valence electrons. The van der Waals surface area contributed by atoms with Gasteiger partial charge in [0.25, 0.3) is 5.91 Å². The van der Waals surface area contributed by atoms with Gasteiger partial charge in [-0.15, -0.1) is 0 Å². The summed E-state index contributed by atoms with van der Waals surface area (Å²) in [4.78, 5) is 27.9. The van der Waals surface area contributed by atoms with Gasteiger partial charge in [0, 0.05) is 51.4 Å². The van der Waals surface area contributed by atoms with Crippen LogP contribution in [0.3, 0.4) is 0 Å². The summed E-state index contributed by atoms with van der Waals surface area (Å²) >= 11 is 0. The number of carbonyl (C=O) groups excluding carboxylic acids is 2. The smallest absolute Gasteiger partial charge is 0.253 e. The standard InChI is InChI=1S/C22H27N3O2/c1-24(2)22(27)19-10-7-17(8-11-19)9-12-21(26)23-14-16-25-15-13-18-5-3-4-6-20(18)25/h3-8,10-11H,9,12-16H2,1-2H3,(H,23,26). The highest BCUT2D eigenvalue weighted by Crippen LogP contribution is 2.26. The number of nitrogens with zero attached hydrogens (tertiary/aromatic N) is 2. The predicted octanol–water partition coefficient (Wildman–Crippen LogP) is 2.50. The quantitative estimate of drug-likeness (QED) is 0.820. The first-order valence-electron chi connectivity index (χ1n) is 9.45. The molecule has 2 amide bonds. The van der Waals surface area contributed by atoms with Crippen molar-refractivity contribution in [1.29, 1.82) is 0 Å². The van der Waals surface area contributed by atoms with E-state index >= 15 is 0 Å². The Kier molecular flexibility index (Phi) is 6.12. The maximum atomic E-state index is 12.1. The molecule has 0 unspecified atom stereocenters. The number of carbonyl (C=O) groups is 2. The zero-order valence-corrected chi connectivity index (χ0v) is 16.1. The minimum absolute atomic E-state index is 0.0113. The normalized spacial score (nSPS) is 12.6. The van der Waals surface area contributed by atoms with Crippen molar-refractivity contribution < 1.29 is 9.59 Å². The Bertz CT molecular complexity index is 799. The van der Waals surface area contributed by atoms with E-state index in [1.807, 2.05) is 24.3 Å². The first kappa shape index (κ1) is 19.0. The number of hydrogen-bond acceptors (Lipinski definition) is 3. The van der Waals surface area contributed by atoms with E-state index < -0.39 is 0 Å². The van der Waals surface area contributed by atoms with Crippen molar-refractivity contribution >= 4 is 17.5 Å². The summed E-state index contributed by atoms with van der Waals surface area (Å²) in [5.74, 6) is 0.0544. The average Bonchev–Trinajstić information content (AvgIpc) is 3.09. The third-order valence-electron chi connectivity index (χ3n) is 4.94. The molecular weight excluding hydrogens is 338 g/mol. The summed E-state index contributed by atoms with van der Waals surface area (Å²) in [5, 5.41) is 3.01. The Hall–Kier alpha value is -2.82. The highest BCUT2D eigenvalue weighted by Gasteiger charge is 2.17.